The number of amides is 2. The third-order valence-corrected chi connectivity index (χ3v) is 1.77. The van der Waals surface area contributed by atoms with E-state index in [2.05, 4.69) is 5.32 Å². The van der Waals surface area contributed by atoms with Gasteiger partial charge in [-0.3, -0.25) is 4.79 Å². The van der Waals surface area contributed by atoms with E-state index in [-0.39, 0.29) is 5.78 Å². The van der Waals surface area contributed by atoms with Crippen LogP contribution in [0.15, 0.2) is 24.3 Å². The third kappa shape index (κ3) is 2.58. The maximum atomic E-state index is 11.3. The van der Waals surface area contributed by atoms with Gasteiger partial charge in [0.1, 0.15) is 0 Å². The number of rotatable bonds is 3. The van der Waals surface area contributed by atoms with Gasteiger partial charge in [-0.15, -0.1) is 0 Å². The average molecular weight is 192 g/mol. The Morgan fingerprint density at radius 3 is 2.71 bits per heavy atom. The monoisotopic (exact) mass is 192 g/mol. The van der Waals surface area contributed by atoms with E-state index in [1.54, 1.807) is 31.2 Å². The van der Waals surface area contributed by atoms with Crippen molar-refractivity contribution in [1.29, 1.82) is 0 Å². The number of anilines is 1. The molecule has 3 N–H and O–H groups in total. The Morgan fingerprint density at radius 1 is 1.43 bits per heavy atom. The SMILES string of the molecule is CCC(=O)c1cccc(NC(N)=O)c1. The second-order valence-corrected chi connectivity index (χ2v) is 2.85. The standard InChI is InChI=1S/C10H12N2O2/c1-2-9(13)7-4-3-5-8(6-7)12-10(11)14/h3-6H,2H2,1H3,(H3,11,12,14). The molecule has 0 heterocycles. The predicted molar refractivity (Wildman–Crippen MR) is 54.3 cm³/mol. The highest BCUT2D eigenvalue weighted by atomic mass is 16.2. The molecule has 0 fully saturated rings. The lowest BCUT2D eigenvalue weighted by Gasteiger charge is -2.03. The van der Waals surface area contributed by atoms with E-state index < -0.39 is 6.03 Å². The molecule has 0 atom stereocenters. The molecule has 74 valence electrons. The van der Waals surface area contributed by atoms with Crippen LogP contribution in [0.25, 0.3) is 0 Å². The van der Waals surface area contributed by atoms with Gasteiger partial charge in [0.2, 0.25) is 0 Å². The molecular weight excluding hydrogens is 180 g/mol. The van der Waals surface area contributed by atoms with Crippen LogP contribution < -0.4 is 11.1 Å². The van der Waals surface area contributed by atoms with Gasteiger partial charge in [-0.2, -0.15) is 0 Å². The Balaban J connectivity index is 2.89. The van der Waals surface area contributed by atoms with Crippen LogP contribution in [0.2, 0.25) is 0 Å². The van der Waals surface area contributed by atoms with Gasteiger partial charge < -0.3 is 11.1 Å². The Kier molecular flexibility index (Phi) is 3.23. The van der Waals surface area contributed by atoms with Gasteiger partial charge >= 0.3 is 6.03 Å². The summed E-state index contributed by atoms with van der Waals surface area (Å²) in [6, 6.07) is 6.06. The Bertz CT molecular complexity index is 361. The first-order chi connectivity index (χ1) is 6.63. The predicted octanol–water partition coefficient (Wildman–Crippen LogP) is 1.77. The summed E-state index contributed by atoms with van der Waals surface area (Å²) in [5.74, 6) is 0.0399. The van der Waals surface area contributed by atoms with Gasteiger partial charge in [0.05, 0.1) is 0 Å². The van der Waals surface area contributed by atoms with Crippen LogP contribution in [0.4, 0.5) is 10.5 Å². The molecule has 0 aromatic heterocycles. The number of ketones is 1. The minimum absolute atomic E-state index is 0.0399. The number of hydrogen-bond acceptors (Lipinski definition) is 2. The molecule has 0 aliphatic rings. The van der Waals surface area contributed by atoms with E-state index in [0.29, 0.717) is 17.7 Å². The first kappa shape index (κ1) is 10.2. The number of carbonyl (C=O) groups is 2. The van der Waals surface area contributed by atoms with Crippen LogP contribution in [0.1, 0.15) is 23.7 Å². The second-order valence-electron chi connectivity index (χ2n) is 2.85. The van der Waals surface area contributed by atoms with Crippen molar-refractivity contribution in [2.75, 3.05) is 5.32 Å². The molecule has 2 amide bonds. The first-order valence-corrected chi connectivity index (χ1v) is 4.33. The summed E-state index contributed by atoms with van der Waals surface area (Å²) in [5, 5.41) is 2.41. The summed E-state index contributed by atoms with van der Waals surface area (Å²) in [6.45, 7) is 1.79. The summed E-state index contributed by atoms with van der Waals surface area (Å²) in [7, 11) is 0. The normalized spacial score (nSPS) is 9.50. The lowest BCUT2D eigenvalue weighted by molar-refractivity contribution is 0.0988. The van der Waals surface area contributed by atoms with Crippen molar-refractivity contribution in [3.05, 3.63) is 29.8 Å². The van der Waals surface area contributed by atoms with Gasteiger partial charge in [-0.25, -0.2) is 4.79 Å². The number of Topliss-reactive ketones (excluding diaryl/α,β-unsaturated/α-hetero) is 1. The third-order valence-electron chi connectivity index (χ3n) is 1.77. The number of carbonyl (C=O) groups excluding carboxylic acids is 2. The van der Waals surface area contributed by atoms with Crippen molar-refractivity contribution < 1.29 is 9.59 Å². The lowest BCUT2D eigenvalue weighted by atomic mass is 10.1. The zero-order valence-electron chi connectivity index (χ0n) is 7.91. The number of nitrogens with two attached hydrogens (primary N) is 1. The molecule has 0 aliphatic carbocycles. The summed E-state index contributed by atoms with van der Waals surface area (Å²) < 4.78 is 0. The maximum absolute atomic E-state index is 11.3. The number of nitrogens with one attached hydrogen (secondary N) is 1. The Hall–Kier alpha value is -1.84. The van der Waals surface area contributed by atoms with E-state index in [1.807, 2.05) is 0 Å². The summed E-state index contributed by atoms with van der Waals surface area (Å²) in [5.41, 5.74) is 6.07. The highest BCUT2D eigenvalue weighted by Crippen LogP contribution is 2.11. The molecule has 0 saturated heterocycles. The van der Waals surface area contributed by atoms with Gasteiger partial charge in [-0.1, -0.05) is 19.1 Å². The van der Waals surface area contributed by atoms with Crippen LogP contribution in [0, 0.1) is 0 Å². The Labute approximate surface area is 82.1 Å². The minimum atomic E-state index is -0.633. The second kappa shape index (κ2) is 4.41. The number of benzene rings is 1. The highest BCUT2D eigenvalue weighted by molar-refractivity contribution is 5.97. The smallest absolute Gasteiger partial charge is 0.316 e. The highest BCUT2D eigenvalue weighted by Gasteiger charge is 2.03. The van der Waals surface area contributed by atoms with Crippen molar-refractivity contribution in [2.24, 2.45) is 5.73 Å². The molecule has 4 heteroatoms. The molecule has 4 nitrogen and oxygen atoms in total. The van der Waals surface area contributed by atoms with Crippen molar-refractivity contribution >= 4 is 17.5 Å². The van der Waals surface area contributed by atoms with E-state index in [1.165, 1.54) is 0 Å². The minimum Gasteiger partial charge on any atom is -0.351 e. The summed E-state index contributed by atoms with van der Waals surface area (Å²) in [4.78, 5) is 21.9. The molecule has 0 radical (unpaired) electrons. The van der Waals surface area contributed by atoms with Crippen LogP contribution in [-0.2, 0) is 0 Å². The van der Waals surface area contributed by atoms with Crippen molar-refractivity contribution in [3.8, 4) is 0 Å². The summed E-state index contributed by atoms with van der Waals surface area (Å²) in [6.07, 6.45) is 0.444. The number of hydrogen-bond donors (Lipinski definition) is 2. The van der Waals surface area contributed by atoms with Crippen LogP contribution in [0.5, 0.6) is 0 Å². The quantitative estimate of drug-likeness (QED) is 0.716. The molecule has 0 bridgehead atoms. The molecule has 1 aromatic rings. The van der Waals surface area contributed by atoms with Crippen LogP contribution in [-0.4, -0.2) is 11.8 Å². The van der Waals surface area contributed by atoms with E-state index in [9.17, 15) is 9.59 Å². The molecule has 0 saturated carbocycles. The van der Waals surface area contributed by atoms with Gasteiger partial charge in [0, 0.05) is 17.7 Å². The lowest BCUT2D eigenvalue weighted by Crippen LogP contribution is -2.19. The number of urea groups is 1. The van der Waals surface area contributed by atoms with Gasteiger partial charge in [-0.05, 0) is 12.1 Å². The van der Waals surface area contributed by atoms with E-state index in [4.69, 9.17) is 5.73 Å². The maximum Gasteiger partial charge on any atom is 0.316 e. The van der Waals surface area contributed by atoms with Crippen LogP contribution >= 0.6 is 0 Å². The van der Waals surface area contributed by atoms with E-state index >= 15 is 0 Å². The zero-order chi connectivity index (χ0) is 10.6. The summed E-state index contributed by atoms with van der Waals surface area (Å²) >= 11 is 0. The van der Waals surface area contributed by atoms with Crippen molar-refractivity contribution in [1.82, 2.24) is 0 Å². The fraction of sp³-hybridized carbons (Fsp3) is 0.200. The first-order valence-electron chi connectivity index (χ1n) is 4.33. The zero-order valence-corrected chi connectivity index (χ0v) is 7.91. The largest absolute Gasteiger partial charge is 0.351 e. The average Bonchev–Trinajstić information content (AvgIpc) is 2.16. The molecule has 0 aliphatic heterocycles. The molecule has 1 rings (SSSR count). The molecule has 0 spiro atoms. The fourth-order valence-electron chi connectivity index (χ4n) is 1.12. The van der Waals surface area contributed by atoms with E-state index in [0.717, 1.165) is 0 Å². The van der Waals surface area contributed by atoms with Crippen molar-refractivity contribution in [3.63, 3.8) is 0 Å². The molecule has 0 unspecified atom stereocenters. The molecular formula is C10H12N2O2. The topological polar surface area (TPSA) is 72.2 Å². The van der Waals surface area contributed by atoms with Crippen molar-refractivity contribution in [2.45, 2.75) is 13.3 Å². The fourth-order valence-corrected chi connectivity index (χ4v) is 1.12. The number of primary amides is 1. The molecule has 14 heavy (non-hydrogen) atoms. The van der Waals surface area contributed by atoms with Gasteiger partial charge in [0.25, 0.3) is 0 Å². The van der Waals surface area contributed by atoms with Crippen LogP contribution in [0.3, 0.4) is 0 Å². The molecule has 1 aromatic carbocycles. The Morgan fingerprint density at radius 2 is 2.14 bits per heavy atom. The van der Waals surface area contributed by atoms with Gasteiger partial charge in [0.15, 0.2) is 5.78 Å².